The molecule has 0 unspecified atom stereocenters. The maximum absolute atomic E-state index is 11.8. The Kier molecular flexibility index (Phi) is 3.06. The zero-order valence-corrected chi connectivity index (χ0v) is 11.2. The first-order valence-corrected chi connectivity index (χ1v) is 7.23. The predicted octanol–water partition coefficient (Wildman–Crippen LogP) is 1.64. The number of aromatic nitrogens is 4. The molecule has 0 aromatic carbocycles. The van der Waals surface area contributed by atoms with Crippen molar-refractivity contribution in [3.8, 4) is 6.07 Å². The summed E-state index contributed by atoms with van der Waals surface area (Å²) >= 11 is 3.04. The molecular formula is C11H7N5OS2. The average Bonchev–Trinajstić information content (AvgIpc) is 3.05. The maximum atomic E-state index is 11.8. The summed E-state index contributed by atoms with van der Waals surface area (Å²) in [4.78, 5) is 18.7. The highest BCUT2D eigenvalue weighted by Crippen LogP contribution is 2.20. The van der Waals surface area contributed by atoms with Gasteiger partial charge < -0.3 is 0 Å². The first kappa shape index (κ1) is 12.0. The third-order valence-corrected chi connectivity index (χ3v) is 4.11. The second-order valence-corrected chi connectivity index (χ2v) is 5.42. The number of thiophene rings is 1. The summed E-state index contributed by atoms with van der Waals surface area (Å²) in [5.41, 5.74) is 1.37. The van der Waals surface area contributed by atoms with Crippen molar-refractivity contribution in [2.24, 2.45) is 0 Å². The first-order chi connectivity index (χ1) is 9.28. The molecule has 19 heavy (non-hydrogen) atoms. The van der Waals surface area contributed by atoms with Gasteiger partial charge in [-0.25, -0.2) is 9.78 Å². The lowest BCUT2D eigenvalue weighted by Gasteiger charge is -2.00. The van der Waals surface area contributed by atoms with Gasteiger partial charge in [0.2, 0.25) is 0 Å². The Morgan fingerprint density at radius 2 is 2.47 bits per heavy atom. The second kappa shape index (κ2) is 4.87. The van der Waals surface area contributed by atoms with Crippen LogP contribution >= 0.6 is 23.1 Å². The van der Waals surface area contributed by atoms with Gasteiger partial charge in [-0.3, -0.25) is 4.98 Å². The van der Waals surface area contributed by atoms with Crippen molar-refractivity contribution in [2.45, 2.75) is 10.9 Å². The molecule has 3 aromatic rings. The minimum atomic E-state index is -0.390. The van der Waals surface area contributed by atoms with Crippen molar-refractivity contribution in [2.75, 3.05) is 0 Å². The van der Waals surface area contributed by atoms with Crippen LogP contribution in [0.1, 0.15) is 11.1 Å². The van der Waals surface area contributed by atoms with Crippen molar-refractivity contribution in [1.82, 2.24) is 19.6 Å². The standard InChI is InChI=1S/C11H7N5OS2/c12-3-8-4-13-16-9(8)14-10(15-11(16)17)19-6-7-1-2-18-5-7/h1-2,4-5H,6H2,(H,14,15,17). The van der Waals surface area contributed by atoms with E-state index >= 15 is 0 Å². The van der Waals surface area contributed by atoms with Crippen LogP contribution in [-0.4, -0.2) is 19.6 Å². The van der Waals surface area contributed by atoms with E-state index in [-0.39, 0.29) is 5.69 Å². The molecule has 1 N–H and O–H groups in total. The van der Waals surface area contributed by atoms with E-state index in [9.17, 15) is 4.79 Å². The lowest BCUT2D eigenvalue weighted by atomic mass is 10.4. The van der Waals surface area contributed by atoms with Gasteiger partial charge in [0.25, 0.3) is 0 Å². The average molecular weight is 289 g/mol. The molecule has 0 aliphatic carbocycles. The maximum Gasteiger partial charge on any atom is 0.350 e. The van der Waals surface area contributed by atoms with Gasteiger partial charge in [0.1, 0.15) is 11.6 Å². The quantitative estimate of drug-likeness (QED) is 0.741. The summed E-state index contributed by atoms with van der Waals surface area (Å²) in [7, 11) is 0. The molecule has 3 aromatic heterocycles. The van der Waals surface area contributed by atoms with Crippen LogP contribution < -0.4 is 5.69 Å². The van der Waals surface area contributed by atoms with E-state index in [0.29, 0.717) is 16.4 Å². The molecule has 3 rings (SSSR count). The van der Waals surface area contributed by atoms with Gasteiger partial charge in [-0.1, -0.05) is 11.8 Å². The Morgan fingerprint density at radius 1 is 1.58 bits per heavy atom. The Labute approximate surface area is 115 Å². The van der Waals surface area contributed by atoms with E-state index in [4.69, 9.17) is 5.26 Å². The first-order valence-electron chi connectivity index (χ1n) is 5.30. The van der Waals surface area contributed by atoms with Crippen LogP contribution in [0.15, 0.2) is 33.0 Å². The number of hydrogen-bond acceptors (Lipinski definition) is 6. The van der Waals surface area contributed by atoms with Gasteiger partial charge in [-0.2, -0.15) is 26.2 Å². The fraction of sp³-hybridized carbons (Fsp3) is 0.0909. The van der Waals surface area contributed by atoms with Gasteiger partial charge in [-0.15, -0.1) is 0 Å². The number of nitrogens with one attached hydrogen (secondary N) is 1. The molecule has 0 radical (unpaired) electrons. The highest BCUT2D eigenvalue weighted by Gasteiger charge is 2.10. The van der Waals surface area contributed by atoms with Crippen molar-refractivity contribution < 1.29 is 0 Å². The highest BCUT2D eigenvalue weighted by molar-refractivity contribution is 7.98. The SMILES string of the molecule is N#Cc1cnn2c(=O)[nH]c(SCc3ccsc3)nc12. The number of nitrogens with zero attached hydrogens (tertiary/aromatic N) is 4. The molecule has 0 spiro atoms. The summed E-state index contributed by atoms with van der Waals surface area (Å²) in [6.45, 7) is 0. The van der Waals surface area contributed by atoms with Crippen molar-refractivity contribution in [3.63, 3.8) is 0 Å². The Morgan fingerprint density at radius 3 is 3.21 bits per heavy atom. The Bertz CT molecular complexity index is 812. The molecule has 0 aliphatic heterocycles. The molecule has 0 fully saturated rings. The van der Waals surface area contributed by atoms with E-state index in [1.807, 2.05) is 22.9 Å². The Balaban J connectivity index is 1.96. The third-order valence-electron chi connectivity index (χ3n) is 2.43. The topological polar surface area (TPSA) is 86.8 Å². The normalized spacial score (nSPS) is 10.7. The van der Waals surface area contributed by atoms with Gasteiger partial charge in [-0.05, 0) is 22.4 Å². The van der Waals surface area contributed by atoms with E-state index in [0.717, 1.165) is 10.3 Å². The van der Waals surface area contributed by atoms with Crippen LogP contribution in [0.5, 0.6) is 0 Å². The van der Waals surface area contributed by atoms with E-state index < -0.39 is 0 Å². The van der Waals surface area contributed by atoms with Crippen LogP contribution in [0.25, 0.3) is 5.65 Å². The van der Waals surface area contributed by atoms with Crippen LogP contribution in [0.4, 0.5) is 0 Å². The highest BCUT2D eigenvalue weighted by atomic mass is 32.2. The lowest BCUT2D eigenvalue weighted by molar-refractivity contribution is 0.786. The van der Waals surface area contributed by atoms with Crippen LogP contribution in [0.2, 0.25) is 0 Å². The number of fused-ring (bicyclic) bond motifs is 1. The third kappa shape index (κ3) is 2.25. The number of hydrogen-bond donors (Lipinski definition) is 1. The molecular weight excluding hydrogens is 282 g/mol. The van der Waals surface area contributed by atoms with Gasteiger partial charge >= 0.3 is 5.69 Å². The molecule has 0 bridgehead atoms. The number of nitriles is 1. The predicted molar refractivity (Wildman–Crippen MR) is 72.2 cm³/mol. The smallest absolute Gasteiger partial charge is 0.285 e. The molecule has 0 atom stereocenters. The van der Waals surface area contributed by atoms with Gasteiger partial charge in [0.15, 0.2) is 10.8 Å². The zero-order chi connectivity index (χ0) is 13.2. The monoisotopic (exact) mass is 289 g/mol. The summed E-state index contributed by atoms with van der Waals surface area (Å²) < 4.78 is 1.09. The molecule has 8 heteroatoms. The van der Waals surface area contributed by atoms with Crippen molar-refractivity contribution in [1.29, 1.82) is 5.26 Å². The summed E-state index contributed by atoms with van der Waals surface area (Å²) in [5, 5.41) is 17.3. The van der Waals surface area contributed by atoms with Crippen LogP contribution in [0, 0.1) is 11.3 Å². The van der Waals surface area contributed by atoms with Crippen LogP contribution in [0.3, 0.4) is 0 Å². The van der Waals surface area contributed by atoms with E-state index in [1.165, 1.54) is 23.5 Å². The van der Waals surface area contributed by atoms with Crippen molar-refractivity contribution >= 4 is 28.7 Å². The second-order valence-electron chi connectivity index (χ2n) is 3.67. The molecule has 94 valence electrons. The van der Waals surface area contributed by atoms with Crippen molar-refractivity contribution in [3.05, 3.63) is 44.6 Å². The minimum absolute atomic E-state index is 0.291. The van der Waals surface area contributed by atoms with Crippen LogP contribution in [-0.2, 0) is 5.75 Å². The van der Waals surface area contributed by atoms with Gasteiger partial charge in [0, 0.05) is 5.75 Å². The van der Waals surface area contributed by atoms with E-state index in [1.54, 1.807) is 11.3 Å². The number of rotatable bonds is 3. The summed E-state index contributed by atoms with van der Waals surface area (Å²) in [6, 6.07) is 3.99. The number of thioether (sulfide) groups is 1. The molecule has 6 nitrogen and oxygen atoms in total. The summed E-state index contributed by atoms with van der Waals surface area (Å²) in [6.07, 6.45) is 1.34. The number of aromatic amines is 1. The van der Waals surface area contributed by atoms with Gasteiger partial charge in [0.05, 0.1) is 6.20 Å². The molecule has 0 saturated carbocycles. The minimum Gasteiger partial charge on any atom is -0.285 e. The van der Waals surface area contributed by atoms with E-state index in [2.05, 4.69) is 15.1 Å². The molecule has 3 heterocycles. The zero-order valence-electron chi connectivity index (χ0n) is 9.53. The summed E-state index contributed by atoms with van der Waals surface area (Å²) in [5.74, 6) is 0.721. The number of H-pyrrole nitrogens is 1. The molecule has 0 saturated heterocycles. The largest absolute Gasteiger partial charge is 0.350 e. The molecule has 0 amide bonds. The lowest BCUT2D eigenvalue weighted by Crippen LogP contribution is -2.19. The fourth-order valence-corrected chi connectivity index (χ4v) is 3.11. The fourth-order valence-electron chi connectivity index (χ4n) is 1.54. The Hall–Kier alpha value is -2.11. The molecule has 0 aliphatic rings.